The largest absolute Gasteiger partial charge is 0.508 e. The summed E-state index contributed by atoms with van der Waals surface area (Å²) in [6.07, 6.45) is 1.77. The number of carbonyl (C=O) groups is 2. The summed E-state index contributed by atoms with van der Waals surface area (Å²) in [6, 6.07) is 6.44. The summed E-state index contributed by atoms with van der Waals surface area (Å²) >= 11 is 0. The maximum absolute atomic E-state index is 12.4. The quantitative estimate of drug-likeness (QED) is 0.801. The number of hydrogen-bond acceptors (Lipinski definition) is 4. The van der Waals surface area contributed by atoms with Crippen molar-refractivity contribution in [3.8, 4) is 5.75 Å². The highest BCUT2D eigenvalue weighted by Crippen LogP contribution is 2.57. The third-order valence-electron chi connectivity index (χ3n) is 4.90. The number of phenolic OH excluding ortho intramolecular Hbond substituents is 1. The van der Waals surface area contributed by atoms with Crippen molar-refractivity contribution in [3.05, 3.63) is 24.3 Å². The van der Waals surface area contributed by atoms with Gasteiger partial charge in [0.05, 0.1) is 11.8 Å². The summed E-state index contributed by atoms with van der Waals surface area (Å²) in [5.74, 6) is -0.312. The lowest BCUT2D eigenvalue weighted by Gasteiger charge is -2.23. The van der Waals surface area contributed by atoms with Crippen molar-refractivity contribution in [1.29, 1.82) is 0 Å². The van der Waals surface area contributed by atoms with E-state index in [-0.39, 0.29) is 47.4 Å². The van der Waals surface area contributed by atoms with Gasteiger partial charge in [-0.05, 0) is 30.9 Å². The summed E-state index contributed by atoms with van der Waals surface area (Å²) in [7, 11) is 0. The third-order valence-corrected chi connectivity index (χ3v) is 4.90. The number of ether oxygens (including phenoxy) is 1. The van der Waals surface area contributed by atoms with E-state index in [9.17, 15) is 14.7 Å². The van der Waals surface area contributed by atoms with Crippen LogP contribution in [0.5, 0.6) is 5.75 Å². The zero-order chi connectivity index (χ0) is 13.9. The number of aromatic hydroxyl groups is 1. The van der Waals surface area contributed by atoms with Gasteiger partial charge in [0.1, 0.15) is 11.9 Å². The predicted octanol–water partition coefficient (Wildman–Crippen LogP) is 1.53. The van der Waals surface area contributed by atoms with E-state index >= 15 is 0 Å². The first-order valence-corrected chi connectivity index (χ1v) is 6.94. The van der Waals surface area contributed by atoms with E-state index in [2.05, 4.69) is 5.32 Å². The lowest BCUT2D eigenvalue weighted by Crippen LogP contribution is -2.35. The van der Waals surface area contributed by atoms with Gasteiger partial charge in [0, 0.05) is 17.7 Å². The Morgan fingerprint density at radius 3 is 3.00 bits per heavy atom. The highest BCUT2D eigenvalue weighted by molar-refractivity contribution is 5.97. The second-order valence-electron chi connectivity index (χ2n) is 5.96. The maximum atomic E-state index is 12.4. The van der Waals surface area contributed by atoms with Crippen LogP contribution >= 0.6 is 0 Å². The first-order chi connectivity index (χ1) is 9.63. The molecule has 1 heterocycles. The van der Waals surface area contributed by atoms with Gasteiger partial charge in [-0.1, -0.05) is 6.07 Å². The Morgan fingerprint density at radius 2 is 2.20 bits per heavy atom. The van der Waals surface area contributed by atoms with Gasteiger partial charge in [-0.15, -0.1) is 0 Å². The fourth-order valence-corrected chi connectivity index (χ4v) is 4.17. The Balaban J connectivity index is 1.56. The zero-order valence-electron chi connectivity index (χ0n) is 10.8. The molecule has 0 aromatic heterocycles. The standard InChI is InChI=1S/C15H15NO4/c17-9-3-1-2-8(6-9)16-14(18)12-7-4-10-11(5-7)20-15(19)13(10)12/h1-3,6-7,10-13,17H,4-5H2,(H,16,18)/t7-,10+,11-,12-,13+/m1/s1. The number of hydrogen-bond donors (Lipinski definition) is 2. The van der Waals surface area contributed by atoms with E-state index in [0.717, 1.165) is 12.8 Å². The van der Waals surface area contributed by atoms with Crippen LogP contribution in [-0.4, -0.2) is 23.1 Å². The minimum absolute atomic E-state index is 0.0438. The lowest BCUT2D eigenvalue weighted by atomic mass is 9.79. The van der Waals surface area contributed by atoms with Crippen molar-refractivity contribution >= 4 is 17.6 Å². The van der Waals surface area contributed by atoms with Gasteiger partial charge in [-0.25, -0.2) is 0 Å². The molecule has 2 N–H and O–H groups in total. The third kappa shape index (κ3) is 1.55. The van der Waals surface area contributed by atoms with E-state index in [1.54, 1.807) is 18.2 Å². The molecule has 0 spiro atoms. The minimum atomic E-state index is -0.284. The van der Waals surface area contributed by atoms with Gasteiger partial charge in [-0.2, -0.15) is 0 Å². The molecule has 2 saturated carbocycles. The van der Waals surface area contributed by atoms with Crippen LogP contribution in [0.2, 0.25) is 0 Å². The molecule has 104 valence electrons. The molecule has 0 unspecified atom stereocenters. The highest BCUT2D eigenvalue weighted by Gasteiger charge is 2.63. The predicted molar refractivity (Wildman–Crippen MR) is 69.8 cm³/mol. The average molecular weight is 273 g/mol. The second kappa shape index (κ2) is 3.98. The van der Waals surface area contributed by atoms with Crippen LogP contribution in [0, 0.1) is 23.7 Å². The number of rotatable bonds is 2. The number of fused-ring (bicyclic) bond motifs is 1. The number of nitrogens with one attached hydrogen (secondary N) is 1. The van der Waals surface area contributed by atoms with Gasteiger partial charge in [-0.3, -0.25) is 9.59 Å². The summed E-state index contributed by atoms with van der Waals surface area (Å²) in [5.41, 5.74) is 0.556. The average Bonchev–Trinajstić information content (AvgIpc) is 2.99. The molecular weight excluding hydrogens is 258 g/mol. The fourth-order valence-electron chi connectivity index (χ4n) is 4.17. The van der Waals surface area contributed by atoms with E-state index in [1.807, 2.05) is 0 Å². The normalized spacial score (nSPS) is 37.0. The van der Waals surface area contributed by atoms with Gasteiger partial charge < -0.3 is 15.2 Å². The first-order valence-electron chi connectivity index (χ1n) is 6.94. The van der Waals surface area contributed by atoms with Crippen LogP contribution in [0.3, 0.4) is 0 Å². The van der Waals surface area contributed by atoms with Gasteiger partial charge in [0.25, 0.3) is 0 Å². The Hall–Kier alpha value is -2.04. The van der Waals surface area contributed by atoms with E-state index in [4.69, 9.17) is 4.74 Å². The van der Waals surface area contributed by atoms with Crippen LogP contribution < -0.4 is 5.32 Å². The maximum Gasteiger partial charge on any atom is 0.310 e. The second-order valence-corrected chi connectivity index (χ2v) is 5.96. The summed E-state index contributed by atoms with van der Waals surface area (Å²) < 4.78 is 5.33. The molecular formula is C15H15NO4. The fraction of sp³-hybridized carbons (Fsp3) is 0.467. The molecule has 5 heteroatoms. The Labute approximate surface area is 115 Å². The zero-order valence-corrected chi connectivity index (χ0v) is 10.8. The summed E-state index contributed by atoms with van der Waals surface area (Å²) in [4.78, 5) is 24.3. The summed E-state index contributed by atoms with van der Waals surface area (Å²) in [5, 5.41) is 12.2. The number of amides is 1. The minimum Gasteiger partial charge on any atom is -0.508 e. The number of esters is 1. The molecule has 20 heavy (non-hydrogen) atoms. The molecule has 0 radical (unpaired) electrons. The molecule has 5 atom stereocenters. The Bertz CT molecular complexity index is 597. The molecule has 4 rings (SSSR count). The molecule has 1 aromatic carbocycles. The topological polar surface area (TPSA) is 75.6 Å². The van der Waals surface area contributed by atoms with Crippen molar-refractivity contribution in [2.45, 2.75) is 18.9 Å². The van der Waals surface area contributed by atoms with Crippen LogP contribution in [-0.2, 0) is 14.3 Å². The number of benzene rings is 1. The van der Waals surface area contributed by atoms with Crippen LogP contribution in [0.15, 0.2) is 24.3 Å². The molecule has 1 saturated heterocycles. The number of anilines is 1. The van der Waals surface area contributed by atoms with Crippen molar-refractivity contribution < 1.29 is 19.4 Å². The van der Waals surface area contributed by atoms with Gasteiger partial charge in [0.2, 0.25) is 5.91 Å². The molecule has 1 aromatic rings. The van der Waals surface area contributed by atoms with Gasteiger partial charge in [0.15, 0.2) is 0 Å². The molecule has 3 aliphatic rings. The Morgan fingerprint density at radius 1 is 1.35 bits per heavy atom. The SMILES string of the molecule is O=C(Nc1cccc(O)c1)[C@@H]1[C@@H]2C[C@@H]3[C@@H]1C(=O)O[C@@H]3C2. The molecule has 1 amide bonds. The monoisotopic (exact) mass is 273 g/mol. The van der Waals surface area contributed by atoms with Crippen molar-refractivity contribution in [3.63, 3.8) is 0 Å². The van der Waals surface area contributed by atoms with Crippen LogP contribution in [0.4, 0.5) is 5.69 Å². The van der Waals surface area contributed by atoms with Crippen LogP contribution in [0.25, 0.3) is 0 Å². The van der Waals surface area contributed by atoms with E-state index in [0.29, 0.717) is 5.69 Å². The first kappa shape index (κ1) is 11.8. The molecule has 3 fully saturated rings. The van der Waals surface area contributed by atoms with Gasteiger partial charge >= 0.3 is 5.97 Å². The lowest BCUT2D eigenvalue weighted by molar-refractivity contribution is -0.145. The van der Waals surface area contributed by atoms with E-state index in [1.165, 1.54) is 6.07 Å². The number of phenols is 1. The highest BCUT2D eigenvalue weighted by atomic mass is 16.6. The van der Waals surface area contributed by atoms with E-state index < -0.39 is 0 Å². The summed E-state index contributed by atoms with van der Waals surface area (Å²) in [6.45, 7) is 0. The number of carbonyl (C=O) groups excluding carboxylic acids is 2. The van der Waals surface area contributed by atoms with Crippen LogP contribution in [0.1, 0.15) is 12.8 Å². The van der Waals surface area contributed by atoms with Crippen molar-refractivity contribution in [2.75, 3.05) is 5.32 Å². The van der Waals surface area contributed by atoms with Crippen molar-refractivity contribution in [2.24, 2.45) is 23.7 Å². The molecule has 1 aliphatic heterocycles. The smallest absolute Gasteiger partial charge is 0.310 e. The Kier molecular flexibility index (Phi) is 2.34. The molecule has 5 nitrogen and oxygen atoms in total. The molecule has 2 bridgehead atoms. The van der Waals surface area contributed by atoms with Crippen molar-refractivity contribution in [1.82, 2.24) is 0 Å². The molecule has 2 aliphatic carbocycles.